The quantitative estimate of drug-likeness (QED) is 0.133. The molecule has 4 rings (SSSR count). The van der Waals surface area contributed by atoms with Gasteiger partial charge >= 0.3 is 0 Å². The maximum Gasteiger partial charge on any atom is 0.272 e. The van der Waals surface area contributed by atoms with Crippen LogP contribution in [0.3, 0.4) is 0 Å². The molecule has 0 fully saturated rings. The van der Waals surface area contributed by atoms with Crippen LogP contribution >= 0.6 is 23.4 Å². The summed E-state index contributed by atoms with van der Waals surface area (Å²) in [5.74, 6) is -0.991. The van der Waals surface area contributed by atoms with Gasteiger partial charge in [-0.25, -0.2) is 0 Å². The van der Waals surface area contributed by atoms with E-state index in [0.29, 0.717) is 28.4 Å². The molecule has 0 saturated heterocycles. The van der Waals surface area contributed by atoms with Crippen LogP contribution in [0.15, 0.2) is 114 Å². The third kappa shape index (κ3) is 8.33. The average Bonchev–Trinajstić information content (AvgIpc) is 2.99. The highest BCUT2D eigenvalue weighted by molar-refractivity contribution is 8.00. The molecule has 0 aliphatic carbocycles. The van der Waals surface area contributed by atoms with Gasteiger partial charge in [-0.15, -0.1) is 11.8 Å². The van der Waals surface area contributed by atoms with Crippen LogP contribution in [0.1, 0.15) is 34.8 Å². The van der Waals surface area contributed by atoms with Gasteiger partial charge in [-0.1, -0.05) is 79.2 Å². The number of carbonyl (C=O) groups excluding carboxylic acids is 3. The number of halogens is 1. The zero-order valence-electron chi connectivity index (χ0n) is 22.7. The first-order chi connectivity index (χ1) is 19.8. The first kappa shape index (κ1) is 29.6. The number of hydrogen-bond donors (Lipinski definition) is 3. The second-order valence-electron chi connectivity index (χ2n) is 9.19. The first-order valence-electron chi connectivity index (χ1n) is 13.1. The average molecular weight is 584 g/mol. The van der Waals surface area contributed by atoms with Gasteiger partial charge in [-0.2, -0.15) is 0 Å². The predicted molar refractivity (Wildman–Crippen MR) is 168 cm³/mol. The minimum Gasteiger partial charge on any atom is -0.325 e. The van der Waals surface area contributed by atoms with E-state index in [0.717, 1.165) is 16.0 Å². The number of nitrogens with one attached hydrogen (secondary N) is 3. The van der Waals surface area contributed by atoms with Gasteiger partial charge in [0.05, 0.1) is 5.25 Å². The van der Waals surface area contributed by atoms with Crippen molar-refractivity contribution in [2.24, 2.45) is 0 Å². The summed E-state index contributed by atoms with van der Waals surface area (Å²) < 4.78 is 0. The molecule has 41 heavy (non-hydrogen) atoms. The Morgan fingerprint density at radius 2 is 1.54 bits per heavy atom. The molecule has 208 valence electrons. The molecule has 6 nitrogen and oxygen atoms in total. The lowest BCUT2D eigenvalue weighted by Crippen LogP contribution is -2.30. The first-order valence-corrected chi connectivity index (χ1v) is 14.4. The van der Waals surface area contributed by atoms with Gasteiger partial charge in [-0.3, -0.25) is 14.4 Å². The molecule has 8 heteroatoms. The maximum absolute atomic E-state index is 13.4. The standard InChI is InChI=1S/C33H30ClN3O3S/c1-3-30(33(40)36-28-19-11-18-27(34)22(28)2)41-26-17-10-16-25(21-26)35-32(39)29(20-23-12-6-4-7-13-23)37-31(38)24-14-8-5-9-15-24/h4-21,30H,3H2,1-2H3,(H,35,39)(H,36,40)(H,37,38)/b29-20-. The van der Waals surface area contributed by atoms with Gasteiger partial charge < -0.3 is 16.0 Å². The number of amides is 3. The molecule has 0 aromatic heterocycles. The summed E-state index contributed by atoms with van der Waals surface area (Å²) in [6.45, 7) is 3.81. The van der Waals surface area contributed by atoms with Crippen LogP contribution in [0.4, 0.5) is 11.4 Å². The normalized spacial score (nSPS) is 11.8. The fourth-order valence-corrected chi connectivity index (χ4v) is 5.13. The van der Waals surface area contributed by atoms with E-state index in [4.69, 9.17) is 11.6 Å². The highest BCUT2D eigenvalue weighted by atomic mass is 35.5. The zero-order chi connectivity index (χ0) is 29.2. The lowest BCUT2D eigenvalue weighted by molar-refractivity contribution is -0.116. The van der Waals surface area contributed by atoms with Gasteiger partial charge in [-0.05, 0) is 73.0 Å². The fourth-order valence-electron chi connectivity index (χ4n) is 3.95. The highest BCUT2D eigenvalue weighted by Crippen LogP contribution is 2.30. The minimum atomic E-state index is -0.471. The van der Waals surface area contributed by atoms with Gasteiger partial charge in [0.2, 0.25) is 5.91 Å². The maximum atomic E-state index is 13.4. The van der Waals surface area contributed by atoms with E-state index in [1.807, 2.05) is 74.5 Å². The van der Waals surface area contributed by atoms with Crippen molar-refractivity contribution in [2.75, 3.05) is 10.6 Å². The summed E-state index contributed by atoms with van der Waals surface area (Å²) >= 11 is 7.61. The molecule has 3 amide bonds. The number of carbonyl (C=O) groups is 3. The van der Waals surface area contributed by atoms with Crippen LogP contribution in [-0.2, 0) is 9.59 Å². The Kier molecular flexibility index (Phi) is 10.4. The summed E-state index contributed by atoms with van der Waals surface area (Å²) in [5.41, 5.74) is 3.33. The van der Waals surface area contributed by atoms with Crippen LogP contribution in [0, 0.1) is 6.92 Å². The lowest BCUT2D eigenvalue weighted by Gasteiger charge is -2.17. The molecular formula is C33H30ClN3O3S. The lowest BCUT2D eigenvalue weighted by atomic mass is 10.1. The van der Waals surface area contributed by atoms with E-state index in [9.17, 15) is 14.4 Å². The highest BCUT2D eigenvalue weighted by Gasteiger charge is 2.20. The molecule has 3 N–H and O–H groups in total. The van der Waals surface area contributed by atoms with Crippen molar-refractivity contribution in [3.05, 3.63) is 131 Å². The second-order valence-corrected chi connectivity index (χ2v) is 10.9. The van der Waals surface area contributed by atoms with E-state index in [2.05, 4.69) is 16.0 Å². The molecular weight excluding hydrogens is 554 g/mol. The summed E-state index contributed by atoms with van der Waals surface area (Å²) in [6.07, 6.45) is 2.23. The zero-order valence-corrected chi connectivity index (χ0v) is 24.3. The fraction of sp³-hybridized carbons (Fsp3) is 0.121. The molecule has 0 bridgehead atoms. The van der Waals surface area contributed by atoms with Crippen molar-refractivity contribution in [3.8, 4) is 0 Å². The van der Waals surface area contributed by atoms with Crippen LogP contribution < -0.4 is 16.0 Å². The third-order valence-corrected chi connectivity index (χ3v) is 7.97. The van der Waals surface area contributed by atoms with Gasteiger partial charge in [0.25, 0.3) is 11.8 Å². The molecule has 1 atom stereocenters. The Morgan fingerprint density at radius 3 is 2.24 bits per heavy atom. The Hall–Kier alpha value is -4.33. The van der Waals surface area contributed by atoms with Crippen LogP contribution in [0.2, 0.25) is 5.02 Å². The molecule has 0 radical (unpaired) electrons. The summed E-state index contributed by atoms with van der Waals surface area (Å²) in [7, 11) is 0. The third-order valence-electron chi connectivity index (χ3n) is 6.20. The summed E-state index contributed by atoms with van der Waals surface area (Å²) in [4.78, 5) is 40.1. The predicted octanol–water partition coefficient (Wildman–Crippen LogP) is 7.57. The van der Waals surface area contributed by atoms with E-state index in [1.54, 1.807) is 48.5 Å². The van der Waals surface area contributed by atoms with E-state index < -0.39 is 5.91 Å². The van der Waals surface area contributed by atoms with Crippen LogP contribution in [0.25, 0.3) is 6.08 Å². The smallest absolute Gasteiger partial charge is 0.272 e. The molecule has 0 heterocycles. The topological polar surface area (TPSA) is 87.3 Å². The molecule has 0 aliphatic heterocycles. The number of anilines is 2. The number of thioether (sulfide) groups is 1. The molecule has 0 spiro atoms. The van der Waals surface area contributed by atoms with E-state index >= 15 is 0 Å². The molecule has 0 saturated carbocycles. The van der Waals surface area contributed by atoms with Crippen molar-refractivity contribution in [1.82, 2.24) is 5.32 Å². The Bertz CT molecular complexity index is 1560. The molecule has 0 aliphatic rings. The monoisotopic (exact) mass is 583 g/mol. The summed E-state index contributed by atoms with van der Waals surface area (Å²) in [5, 5.41) is 8.83. The Labute approximate surface area is 249 Å². The van der Waals surface area contributed by atoms with Gasteiger partial charge in [0.15, 0.2) is 0 Å². The second kappa shape index (κ2) is 14.3. The molecule has 1 unspecified atom stereocenters. The Morgan fingerprint density at radius 1 is 0.854 bits per heavy atom. The van der Waals surface area contributed by atoms with Crippen molar-refractivity contribution in [1.29, 1.82) is 0 Å². The molecule has 4 aromatic carbocycles. The van der Waals surface area contributed by atoms with E-state index in [-0.39, 0.29) is 22.8 Å². The van der Waals surface area contributed by atoms with Crippen LogP contribution in [0.5, 0.6) is 0 Å². The van der Waals surface area contributed by atoms with E-state index in [1.165, 1.54) is 11.8 Å². The van der Waals surface area contributed by atoms with Crippen molar-refractivity contribution in [2.45, 2.75) is 30.4 Å². The summed E-state index contributed by atoms with van der Waals surface area (Å²) in [6, 6.07) is 30.7. The number of rotatable bonds is 10. The van der Waals surface area contributed by atoms with Gasteiger partial charge in [0.1, 0.15) is 5.70 Å². The Balaban J connectivity index is 1.49. The van der Waals surface area contributed by atoms with Crippen LogP contribution in [-0.4, -0.2) is 23.0 Å². The van der Waals surface area contributed by atoms with Crippen molar-refractivity contribution < 1.29 is 14.4 Å². The van der Waals surface area contributed by atoms with Crippen molar-refractivity contribution in [3.63, 3.8) is 0 Å². The number of benzene rings is 4. The SMILES string of the molecule is CCC(Sc1cccc(NC(=O)/C(=C/c2ccccc2)NC(=O)c2ccccc2)c1)C(=O)Nc1cccc(Cl)c1C. The number of hydrogen-bond acceptors (Lipinski definition) is 4. The molecule has 4 aromatic rings. The largest absolute Gasteiger partial charge is 0.325 e. The van der Waals surface area contributed by atoms with Gasteiger partial charge in [0, 0.05) is 26.9 Å². The van der Waals surface area contributed by atoms with Crippen molar-refractivity contribution >= 4 is 58.5 Å². The minimum absolute atomic E-state index is 0.103.